The number of rotatable bonds is 4. The Balaban J connectivity index is 2.29. The number of hydrogen-bond donors (Lipinski definition) is 1. The second-order valence-corrected chi connectivity index (χ2v) is 6.70. The maximum Gasteiger partial charge on any atom is 0.119 e. The Bertz CT molecular complexity index is 469. The molecule has 1 aliphatic heterocycles. The number of benzene rings is 1. The Kier molecular flexibility index (Phi) is 6.05. The first kappa shape index (κ1) is 16.7. The second kappa shape index (κ2) is 7.58. The molecule has 4 nitrogen and oxygen atoms in total. The molecule has 5 heteroatoms. The van der Waals surface area contributed by atoms with Gasteiger partial charge in [-0.3, -0.25) is 4.90 Å². The Morgan fingerprint density at radius 1 is 1.43 bits per heavy atom. The van der Waals surface area contributed by atoms with Crippen molar-refractivity contribution in [2.75, 3.05) is 40.3 Å². The summed E-state index contributed by atoms with van der Waals surface area (Å²) in [4.78, 5) is 4.93. The van der Waals surface area contributed by atoms with Crippen molar-refractivity contribution < 1.29 is 4.74 Å². The predicted octanol–water partition coefficient (Wildman–Crippen LogP) is 2.48. The van der Waals surface area contributed by atoms with Gasteiger partial charge in [0, 0.05) is 36.2 Å². The van der Waals surface area contributed by atoms with E-state index < -0.39 is 0 Å². The molecule has 0 radical (unpaired) electrons. The van der Waals surface area contributed by atoms with Crippen LogP contribution in [0.1, 0.15) is 24.9 Å². The van der Waals surface area contributed by atoms with Crippen LogP contribution in [0.15, 0.2) is 22.7 Å². The van der Waals surface area contributed by atoms with Gasteiger partial charge >= 0.3 is 0 Å². The third-order valence-corrected chi connectivity index (χ3v) is 5.01. The summed E-state index contributed by atoms with van der Waals surface area (Å²) >= 11 is 3.67. The number of halogens is 1. The van der Waals surface area contributed by atoms with E-state index in [-0.39, 0.29) is 6.04 Å². The Morgan fingerprint density at radius 3 is 2.86 bits per heavy atom. The summed E-state index contributed by atoms with van der Waals surface area (Å²) in [6.07, 6.45) is 1.18. The molecule has 118 valence electrons. The van der Waals surface area contributed by atoms with Crippen molar-refractivity contribution in [2.45, 2.75) is 25.4 Å². The number of ether oxygens (including phenoxy) is 1. The number of nitrogens with zero attached hydrogens (tertiary/aromatic N) is 2. The maximum atomic E-state index is 6.13. The highest BCUT2D eigenvalue weighted by Crippen LogP contribution is 2.32. The first-order valence-corrected chi connectivity index (χ1v) is 8.34. The normalized spacial score (nSPS) is 22.8. The molecule has 0 amide bonds. The lowest BCUT2D eigenvalue weighted by atomic mass is 10.0. The van der Waals surface area contributed by atoms with Crippen molar-refractivity contribution in [3.05, 3.63) is 28.2 Å². The van der Waals surface area contributed by atoms with Crippen molar-refractivity contribution in [2.24, 2.45) is 5.73 Å². The van der Waals surface area contributed by atoms with Crippen LogP contribution in [0, 0.1) is 0 Å². The van der Waals surface area contributed by atoms with E-state index in [2.05, 4.69) is 45.8 Å². The average Bonchev–Trinajstić information content (AvgIpc) is 2.63. The monoisotopic (exact) mass is 355 g/mol. The molecule has 1 fully saturated rings. The van der Waals surface area contributed by atoms with E-state index in [0.29, 0.717) is 12.6 Å². The summed E-state index contributed by atoms with van der Waals surface area (Å²) in [6, 6.07) is 6.83. The van der Waals surface area contributed by atoms with Gasteiger partial charge in [-0.2, -0.15) is 0 Å². The number of nitrogens with two attached hydrogens (primary N) is 1. The molecule has 1 aliphatic rings. The molecule has 1 saturated heterocycles. The summed E-state index contributed by atoms with van der Waals surface area (Å²) in [5.41, 5.74) is 7.34. The summed E-state index contributed by atoms with van der Waals surface area (Å²) < 4.78 is 6.47. The smallest absolute Gasteiger partial charge is 0.119 e. The van der Waals surface area contributed by atoms with Gasteiger partial charge in [-0.1, -0.05) is 15.9 Å². The van der Waals surface area contributed by atoms with Crippen LogP contribution in [0.2, 0.25) is 0 Å². The molecule has 0 spiro atoms. The van der Waals surface area contributed by atoms with Crippen LogP contribution in [-0.4, -0.2) is 56.2 Å². The minimum Gasteiger partial charge on any atom is -0.497 e. The molecule has 1 aromatic carbocycles. The number of hydrogen-bond acceptors (Lipinski definition) is 4. The fourth-order valence-electron chi connectivity index (χ4n) is 3.20. The predicted molar refractivity (Wildman–Crippen MR) is 90.8 cm³/mol. The van der Waals surface area contributed by atoms with Crippen molar-refractivity contribution in [3.8, 4) is 5.75 Å². The zero-order valence-corrected chi connectivity index (χ0v) is 14.8. The van der Waals surface area contributed by atoms with E-state index in [0.717, 1.165) is 29.9 Å². The first-order chi connectivity index (χ1) is 10.1. The van der Waals surface area contributed by atoms with Gasteiger partial charge in [0.2, 0.25) is 0 Å². The van der Waals surface area contributed by atoms with Crippen LogP contribution in [0.4, 0.5) is 0 Å². The van der Waals surface area contributed by atoms with E-state index in [9.17, 15) is 0 Å². The Labute approximate surface area is 136 Å². The van der Waals surface area contributed by atoms with Crippen LogP contribution >= 0.6 is 15.9 Å². The Morgan fingerprint density at radius 2 is 2.19 bits per heavy atom. The minimum absolute atomic E-state index is 0.218. The summed E-state index contributed by atoms with van der Waals surface area (Å²) in [6.45, 7) is 6.21. The zero-order chi connectivity index (χ0) is 15.4. The van der Waals surface area contributed by atoms with Crippen molar-refractivity contribution in [3.63, 3.8) is 0 Å². The molecule has 0 saturated carbocycles. The van der Waals surface area contributed by atoms with E-state index in [1.165, 1.54) is 12.0 Å². The van der Waals surface area contributed by atoms with Crippen molar-refractivity contribution >= 4 is 15.9 Å². The van der Waals surface area contributed by atoms with Gasteiger partial charge in [0.1, 0.15) is 5.75 Å². The summed E-state index contributed by atoms with van der Waals surface area (Å²) in [5.74, 6) is 0.881. The third-order valence-electron chi connectivity index (χ3n) is 4.28. The summed E-state index contributed by atoms with van der Waals surface area (Å²) in [7, 11) is 3.90. The van der Waals surface area contributed by atoms with Crippen LogP contribution in [0.3, 0.4) is 0 Å². The molecule has 1 heterocycles. The van der Waals surface area contributed by atoms with Gasteiger partial charge in [-0.25, -0.2) is 0 Å². The minimum atomic E-state index is 0.218. The topological polar surface area (TPSA) is 41.7 Å². The van der Waals surface area contributed by atoms with Crippen molar-refractivity contribution in [1.29, 1.82) is 0 Å². The van der Waals surface area contributed by atoms with Gasteiger partial charge in [0.25, 0.3) is 0 Å². The molecule has 2 rings (SSSR count). The maximum absolute atomic E-state index is 6.13. The second-order valence-electron chi connectivity index (χ2n) is 5.84. The van der Waals surface area contributed by atoms with Gasteiger partial charge in [0.15, 0.2) is 0 Å². The Hall–Kier alpha value is -0.620. The highest BCUT2D eigenvalue weighted by atomic mass is 79.9. The standard InChI is InChI=1S/C16H26BrN3O/c1-12-11-19(2)7-4-8-20(12)16(10-18)14-9-13(21-3)5-6-15(14)17/h5-6,9,12,16H,4,7-8,10-11,18H2,1-3H3. The van der Waals surface area contributed by atoms with Crippen LogP contribution in [0.5, 0.6) is 5.75 Å². The van der Waals surface area contributed by atoms with Gasteiger partial charge < -0.3 is 15.4 Å². The lowest BCUT2D eigenvalue weighted by Gasteiger charge is -2.35. The molecule has 1 aromatic rings. The lowest BCUT2D eigenvalue weighted by molar-refractivity contribution is 0.145. The largest absolute Gasteiger partial charge is 0.497 e. The number of likely N-dealkylation sites (N-methyl/N-ethyl adjacent to an activating group) is 1. The molecular weight excluding hydrogens is 330 g/mol. The average molecular weight is 356 g/mol. The van der Waals surface area contributed by atoms with Gasteiger partial charge in [-0.15, -0.1) is 0 Å². The quantitative estimate of drug-likeness (QED) is 0.900. The highest BCUT2D eigenvalue weighted by molar-refractivity contribution is 9.10. The van der Waals surface area contributed by atoms with Crippen LogP contribution < -0.4 is 10.5 Å². The van der Waals surface area contributed by atoms with Crippen LogP contribution in [0.25, 0.3) is 0 Å². The van der Waals surface area contributed by atoms with E-state index >= 15 is 0 Å². The fraction of sp³-hybridized carbons (Fsp3) is 0.625. The first-order valence-electron chi connectivity index (χ1n) is 7.54. The van der Waals surface area contributed by atoms with E-state index in [1.54, 1.807) is 7.11 Å². The SMILES string of the molecule is COc1ccc(Br)c(C(CN)N2CCCN(C)CC2C)c1. The molecule has 0 aromatic heterocycles. The number of methoxy groups -OCH3 is 1. The third kappa shape index (κ3) is 3.97. The molecule has 0 bridgehead atoms. The summed E-state index contributed by atoms with van der Waals surface area (Å²) in [5, 5.41) is 0. The zero-order valence-electron chi connectivity index (χ0n) is 13.2. The molecular formula is C16H26BrN3O. The fourth-order valence-corrected chi connectivity index (χ4v) is 3.71. The van der Waals surface area contributed by atoms with Gasteiger partial charge in [-0.05, 0) is 50.7 Å². The highest BCUT2D eigenvalue weighted by Gasteiger charge is 2.28. The lowest BCUT2D eigenvalue weighted by Crippen LogP contribution is -2.43. The molecule has 21 heavy (non-hydrogen) atoms. The van der Waals surface area contributed by atoms with E-state index in [1.807, 2.05) is 12.1 Å². The van der Waals surface area contributed by atoms with Crippen molar-refractivity contribution in [1.82, 2.24) is 9.80 Å². The molecule has 2 unspecified atom stereocenters. The van der Waals surface area contributed by atoms with E-state index in [4.69, 9.17) is 10.5 Å². The molecule has 2 N–H and O–H groups in total. The van der Waals surface area contributed by atoms with Crippen LogP contribution in [-0.2, 0) is 0 Å². The molecule has 0 aliphatic carbocycles. The molecule has 2 atom stereocenters. The van der Waals surface area contributed by atoms with Gasteiger partial charge in [0.05, 0.1) is 7.11 Å².